The first-order valence-corrected chi connectivity index (χ1v) is 9.94. The Bertz CT molecular complexity index is 833. The Morgan fingerprint density at radius 2 is 1.69 bits per heavy atom. The molecular formula is C22H27N3O3S. The maximum absolute atomic E-state index is 12.3. The van der Waals surface area contributed by atoms with Gasteiger partial charge in [-0.3, -0.25) is 14.9 Å². The van der Waals surface area contributed by atoms with Gasteiger partial charge in [0, 0.05) is 31.8 Å². The predicted molar refractivity (Wildman–Crippen MR) is 119 cm³/mol. The van der Waals surface area contributed by atoms with E-state index in [0.29, 0.717) is 25.0 Å². The SMILES string of the molecule is CCCOc1ccc(C(=O)NC(=S)Nc2ccc(CCC(=O)N(C)C)cc2)cc1. The Kier molecular flexibility index (Phi) is 8.61. The zero-order valence-electron chi connectivity index (χ0n) is 17.0. The average molecular weight is 414 g/mol. The second kappa shape index (κ2) is 11.2. The van der Waals surface area contributed by atoms with E-state index in [4.69, 9.17) is 17.0 Å². The smallest absolute Gasteiger partial charge is 0.257 e. The van der Waals surface area contributed by atoms with Crippen LogP contribution >= 0.6 is 12.2 Å². The molecule has 0 radical (unpaired) electrons. The third-order valence-corrected chi connectivity index (χ3v) is 4.36. The number of rotatable bonds is 8. The monoisotopic (exact) mass is 413 g/mol. The molecule has 6 nitrogen and oxygen atoms in total. The molecule has 0 aromatic heterocycles. The van der Waals surface area contributed by atoms with Crippen LogP contribution in [0.2, 0.25) is 0 Å². The molecule has 0 spiro atoms. The molecule has 2 rings (SSSR count). The summed E-state index contributed by atoms with van der Waals surface area (Å²) in [4.78, 5) is 25.6. The summed E-state index contributed by atoms with van der Waals surface area (Å²) < 4.78 is 5.51. The van der Waals surface area contributed by atoms with E-state index in [1.165, 1.54) is 0 Å². The molecule has 0 aliphatic rings. The van der Waals surface area contributed by atoms with Gasteiger partial charge in [0.2, 0.25) is 5.91 Å². The van der Waals surface area contributed by atoms with Crippen LogP contribution < -0.4 is 15.4 Å². The molecule has 0 saturated heterocycles. The van der Waals surface area contributed by atoms with E-state index in [1.54, 1.807) is 43.3 Å². The van der Waals surface area contributed by atoms with Gasteiger partial charge in [0.05, 0.1) is 6.61 Å². The molecule has 0 aliphatic carbocycles. The normalized spacial score (nSPS) is 10.2. The fourth-order valence-corrected chi connectivity index (χ4v) is 2.70. The van der Waals surface area contributed by atoms with Crippen molar-refractivity contribution >= 4 is 34.8 Å². The van der Waals surface area contributed by atoms with Crippen LogP contribution in [0.3, 0.4) is 0 Å². The molecule has 0 bridgehead atoms. The van der Waals surface area contributed by atoms with Gasteiger partial charge in [-0.25, -0.2) is 0 Å². The van der Waals surface area contributed by atoms with Crippen LogP contribution in [-0.2, 0) is 11.2 Å². The largest absolute Gasteiger partial charge is 0.494 e. The zero-order chi connectivity index (χ0) is 21.2. The summed E-state index contributed by atoms with van der Waals surface area (Å²) in [6.07, 6.45) is 2.07. The molecule has 2 aromatic rings. The lowest BCUT2D eigenvalue weighted by Crippen LogP contribution is -2.34. The highest BCUT2D eigenvalue weighted by Gasteiger charge is 2.09. The average Bonchev–Trinajstić information content (AvgIpc) is 2.71. The van der Waals surface area contributed by atoms with Crippen molar-refractivity contribution in [3.8, 4) is 5.75 Å². The van der Waals surface area contributed by atoms with Crippen LogP contribution in [0.5, 0.6) is 5.75 Å². The van der Waals surface area contributed by atoms with E-state index in [1.807, 2.05) is 31.2 Å². The molecule has 0 unspecified atom stereocenters. The van der Waals surface area contributed by atoms with Crippen LogP contribution in [0, 0.1) is 0 Å². The van der Waals surface area contributed by atoms with Crippen LogP contribution in [0.4, 0.5) is 5.69 Å². The lowest BCUT2D eigenvalue weighted by atomic mass is 10.1. The number of nitrogens with zero attached hydrogens (tertiary/aromatic N) is 1. The lowest BCUT2D eigenvalue weighted by molar-refractivity contribution is -0.128. The van der Waals surface area contributed by atoms with Gasteiger partial charge in [-0.1, -0.05) is 19.1 Å². The van der Waals surface area contributed by atoms with Gasteiger partial charge < -0.3 is 15.0 Å². The van der Waals surface area contributed by atoms with Crippen molar-refractivity contribution in [3.63, 3.8) is 0 Å². The number of carbonyl (C=O) groups excluding carboxylic acids is 2. The summed E-state index contributed by atoms with van der Waals surface area (Å²) in [5.41, 5.74) is 2.33. The molecule has 2 amide bonds. The maximum Gasteiger partial charge on any atom is 0.257 e. The molecule has 2 N–H and O–H groups in total. The second-order valence-corrected chi connectivity index (χ2v) is 7.17. The number of thiocarbonyl (C=S) groups is 1. The van der Waals surface area contributed by atoms with Crippen molar-refractivity contribution in [1.29, 1.82) is 0 Å². The van der Waals surface area contributed by atoms with Gasteiger partial charge in [0.1, 0.15) is 5.75 Å². The standard InChI is InChI=1S/C22H27N3O3S/c1-4-15-28-19-12-8-17(9-13-19)21(27)24-22(29)23-18-10-5-16(6-11-18)7-14-20(26)25(2)3/h5-6,8-13H,4,7,14-15H2,1-3H3,(H2,23,24,27,29). The van der Waals surface area contributed by atoms with Crippen LogP contribution in [0.15, 0.2) is 48.5 Å². The molecule has 29 heavy (non-hydrogen) atoms. The lowest BCUT2D eigenvalue weighted by Gasteiger charge is -2.12. The number of ether oxygens (including phenoxy) is 1. The van der Waals surface area contributed by atoms with Crippen LogP contribution in [-0.4, -0.2) is 42.5 Å². The first-order valence-electron chi connectivity index (χ1n) is 9.53. The maximum atomic E-state index is 12.3. The summed E-state index contributed by atoms with van der Waals surface area (Å²) >= 11 is 5.22. The molecular weight excluding hydrogens is 386 g/mol. The van der Waals surface area contributed by atoms with Crippen molar-refractivity contribution in [1.82, 2.24) is 10.2 Å². The molecule has 0 heterocycles. The number of benzene rings is 2. The number of hydrogen-bond donors (Lipinski definition) is 2. The third-order valence-electron chi connectivity index (χ3n) is 4.15. The highest BCUT2D eigenvalue weighted by molar-refractivity contribution is 7.80. The number of aryl methyl sites for hydroxylation is 1. The Labute approximate surface area is 177 Å². The second-order valence-electron chi connectivity index (χ2n) is 6.77. The third kappa shape index (κ3) is 7.54. The van der Waals surface area contributed by atoms with Crippen molar-refractivity contribution in [3.05, 3.63) is 59.7 Å². The molecule has 7 heteroatoms. The van der Waals surface area contributed by atoms with Gasteiger partial charge >= 0.3 is 0 Å². The first kappa shape index (κ1) is 22.4. The Balaban J connectivity index is 1.83. The number of amides is 2. The summed E-state index contributed by atoms with van der Waals surface area (Å²) in [5, 5.41) is 5.88. The molecule has 0 atom stereocenters. The van der Waals surface area contributed by atoms with Crippen LogP contribution in [0.25, 0.3) is 0 Å². The minimum Gasteiger partial charge on any atom is -0.494 e. The fraction of sp³-hybridized carbons (Fsp3) is 0.318. The van der Waals surface area contributed by atoms with Crippen molar-refractivity contribution < 1.29 is 14.3 Å². The minimum absolute atomic E-state index is 0.0982. The van der Waals surface area contributed by atoms with Gasteiger partial charge in [-0.15, -0.1) is 0 Å². The first-order chi connectivity index (χ1) is 13.9. The fourth-order valence-electron chi connectivity index (χ4n) is 2.49. The summed E-state index contributed by atoms with van der Waals surface area (Å²) in [6, 6.07) is 14.5. The molecule has 0 aliphatic heterocycles. The number of nitrogens with one attached hydrogen (secondary N) is 2. The van der Waals surface area contributed by atoms with Gasteiger partial charge in [0.25, 0.3) is 5.91 Å². The summed E-state index contributed by atoms with van der Waals surface area (Å²) in [5.74, 6) is 0.542. The number of anilines is 1. The highest BCUT2D eigenvalue weighted by Crippen LogP contribution is 2.13. The number of carbonyl (C=O) groups is 2. The predicted octanol–water partition coefficient (Wildman–Crippen LogP) is 3.62. The van der Waals surface area contributed by atoms with E-state index in [0.717, 1.165) is 23.4 Å². The van der Waals surface area contributed by atoms with Crippen molar-refractivity contribution in [2.75, 3.05) is 26.0 Å². The topological polar surface area (TPSA) is 70.7 Å². The van der Waals surface area contributed by atoms with Crippen LogP contribution in [0.1, 0.15) is 35.7 Å². The van der Waals surface area contributed by atoms with E-state index < -0.39 is 0 Å². The highest BCUT2D eigenvalue weighted by atomic mass is 32.1. The molecule has 154 valence electrons. The van der Waals surface area contributed by atoms with Gasteiger partial charge in [0.15, 0.2) is 5.11 Å². The van der Waals surface area contributed by atoms with E-state index in [2.05, 4.69) is 10.6 Å². The molecule has 2 aromatic carbocycles. The summed E-state index contributed by atoms with van der Waals surface area (Å²) in [7, 11) is 3.50. The quantitative estimate of drug-likeness (QED) is 0.647. The Morgan fingerprint density at radius 3 is 2.28 bits per heavy atom. The number of hydrogen-bond acceptors (Lipinski definition) is 4. The minimum atomic E-state index is -0.289. The Morgan fingerprint density at radius 1 is 1.03 bits per heavy atom. The zero-order valence-corrected chi connectivity index (χ0v) is 17.8. The summed E-state index contributed by atoms with van der Waals surface area (Å²) in [6.45, 7) is 2.68. The van der Waals surface area contributed by atoms with E-state index >= 15 is 0 Å². The molecule has 0 fully saturated rings. The van der Waals surface area contributed by atoms with E-state index in [-0.39, 0.29) is 16.9 Å². The van der Waals surface area contributed by atoms with E-state index in [9.17, 15) is 9.59 Å². The van der Waals surface area contributed by atoms with Crippen molar-refractivity contribution in [2.45, 2.75) is 26.2 Å². The van der Waals surface area contributed by atoms with Gasteiger partial charge in [-0.05, 0) is 67.0 Å². The van der Waals surface area contributed by atoms with Crippen molar-refractivity contribution in [2.24, 2.45) is 0 Å². The Hall–Kier alpha value is -2.93. The molecule has 0 saturated carbocycles. The van der Waals surface area contributed by atoms with Gasteiger partial charge in [-0.2, -0.15) is 0 Å².